The van der Waals surface area contributed by atoms with Crippen LogP contribution in [0.2, 0.25) is 6.04 Å². The summed E-state index contributed by atoms with van der Waals surface area (Å²) in [5.41, 5.74) is 0.775. The average Bonchev–Trinajstić information content (AvgIpc) is 2.43. The second-order valence-corrected chi connectivity index (χ2v) is 5.65. The summed E-state index contributed by atoms with van der Waals surface area (Å²) >= 11 is 0. The zero-order valence-corrected chi connectivity index (χ0v) is 12.1. The van der Waals surface area contributed by atoms with Gasteiger partial charge in [0.1, 0.15) is 11.9 Å². The molecule has 3 nitrogen and oxygen atoms in total. The zero-order valence-electron chi connectivity index (χ0n) is 11.1. The topological polar surface area (TPSA) is 49.7 Å². The molecule has 1 aromatic rings. The molecule has 3 radical (unpaired) electrons. The molecule has 4 heteroatoms. The van der Waals surface area contributed by atoms with Crippen molar-refractivity contribution in [2.24, 2.45) is 5.92 Å². The average molecular weight is 277 g/mol. The molecular weight excluding hydrogens is 256 g/mol. The van der Waals surface area contributed by atoms with E-state index in [1.165, 1.54) is 0 Å². The van der Waals surface area contributed by atoms with Gasteiger partial charge in [0.25, 0.3) is 0 Å². The van der Waals surface area contributed by atoms with Crippen LogP contribution in [0.5, 0.6) is 5.75 Å². The van der Waals surface area contributed by atoms with Gasteiger partial charge < -0.3 is 14.9 Å². The Morgan fingerprint density at radius 3 is 2.79 bits per heavy atom. The molecule has 0 saturated heterocycles. The van der Waals surface area contributed by atoms with Gasteiger partial charge in [0.2, 0.25) is 0 Å². The summed E-state index contributed by atoms with van der Waals surface area (Å²) in [6, 6.07) is 8.40. The van der Waals surface area contributed by atoms with E-state index in [0.29, 0.717) is 11.7 Å². The standard InChI is InChI=1S/C15H21O3Si/c16-10-12-4-1-2-7-14(12)18-15-11(8-9-19)5-3-6-13(15)17/h1-2,4,7,11,13,15-17H,3,5-6,8-10H2. The molecule has 0 aromatic heterocycles. The first-order valence-corrected chi connectivity index (χ1v) is 7.65. The Morgan fingerprint density at radius 2 is 2.05 bits per heavy atom. The Balaban J connectivity index is 2.13. The lowest BCUT2D eigenvalue weighted by Gasteiger charge is -2.36. The molecule has 1 aromatic carbocycles. The number of aliphatic hydroxyl groups excluding tert-OH is 2. The Morgan fingerprint density at radius 1 is 1.26 bits per heavy atom. The highest BCUT2D eigenvalue weighted by Crippen LogP contribution is 2.32. The van der Waals surface area contributed by atoms with Crippen LogP contribution in [-0.2, 0) is 6.61 Å². The summed E-state index contributed by atoms with van der Waals surface area (Å²) in [7, 11) is 3.52. The number of para-hydroxylation sites is 1. The minimum Gasteiger partial charge on any atom is -0.487 e. The van der Waals surface area contributed by atoms with Gasteiger partial charge in [-0.2, -0.15) is 0 Å². The van der Waals surface area contributed by atoms with Crippen molar-refractivity contribution in [2.45, 2.75) is 50.5 Å². The van der Waals surface area contributed by atoms with E-state index in [9.17, 15) is 10.2 Å². The Labute approximate surface area is 118 Å². The third-order valence-electron chi connectivity index (χ3n) is 3.84. The summed E-state index contributed by atoms with van der Waals surface area (Å²) in [4.78, 5) is 0. The maximum Gasteiger partial charge on any atom is 0.127 e. The highest BCUT2D eigenvalue weighted by atomic mass is 28.1. The van der Waals surface area contributed by atoms with Crippen LogP contribution in [0, 0.1) is 5.92 Å². The molecule has 1 aliphatic rings. The van der Waals surface area contributed by atoms with Crippen molar-refractivity contribution >= 4 is 10.2 Å². The van der Waals surface area contributed by atoms with E-state index in [1.807, 2.05) is 24.3 Å². The van der Waals surface area contributed by atoms with E-state index in [0.717, 1.165) is 37.3 Å². The Bertz CT molecular complexity index is 395. The summed E-state index contributed by atoms with van der Waals surface area (Å²) in [6.07, 6.45) is 3.36. The molecule has 3 unspecified atom stereocenters. The molecule has 103 valence electrons. The Kier molecular flexibility index (Phi) is 5.42. The van der Waals surface area contributed by atoms with Crippen LogP contribution in [0.25, 0.3) is 0 Å². The van der Waals surface area contributed by atoms with Crippen molar-refractivity contribution in [3.63, 3.8) is 0 Å². The molecule has 0 spiro atoms. The van der Waals surface area contributed by atoms with Gasteiger partial charge in [-0.05, 0) is 31.2 Å². The fourth-order valence-corrected chi connectivity index (χ4v) is 3.17. The summed E-state index contributed by atoms with van der Waals surface area (Å²) in [5.74, 6) is 1.06. The van der Waals surface area contributed by atoms with Gasteiger partial charge >= 0.3 is 0 Å². The predicted molar refractivity (Wildman–Crippen MR) is 75.3 cm³/mol. The molecule has 1 saturated carbocycles. The molecule has 0 amide bonds. The number of hydrogen-bond donors (Lipinski definition) is 2. The Hall–Kier alpha value is -0.843. The van der Waals surface area contributed by atoms with Crippen molar-refractivity contribution in [3.05, 3.63) is 29.8 Å². The van der Waals surface area contributed by atoms with E-state index in [2.05, 4.69) is 10.2 Å². The molecular formula is C15H21O3Si. The van der Waals surface area contributed by atoms with Gasteiger partial charge in [0, 0.05) is 15.8 Å². The first kappa shape index (κ1) is 14.6. The van der Waals surface area contributed by atoms with Gasteiger partial charge in [-0.15, -0.1) is 0 Å². The van der Waals surface area contributed by atoms with Gasteiger partial charge in [0.15, 0.2) is 0 Å². The van der Waals surface area contributed by atoms with Crippen LogP contribution >= 0.6 is 0 Å². The van der Waals surface area contributed by atoms with E-state index in [-0.39, 0.29) is 12.7 Å². The molecule has 19 heavy (non-hydrogen) atoms. The minimum absolute atomic E-state index is 0.0399. The molecule has 0 aliphatic heterocycles. The molecule has 0 bridgehead atoms. The fraction of sp³-hybridized carbons (Fsp3) is 0.600. The number of ether oxygens (including phenoxy) is 1. The first-order chi connectivity index (χ1) is 9.26. The van der Waals surface area contributed by atoms with Crippen LogP contribution in [0.3, 0.4) is 0 Å². The molecule has 0 heterocycles. The molecule has 2 N–H and O–H groups in total. The number of aliphatic hydroxyl groups is 2. The third kappa shape index (κ3) is 3.59. The van der Waals surface area contributed by atoms with Crippen molar-refractivity contribution in [1.82, 2.24) is 0 Å². The summed E-state index contributed by atoms with van der Waals surface area (Å²) in [5, 5.41) is 19.5. The lowest BCUT2D eigenvalue weighted by molar-refractivity contribution is -0.0304. The van der Waals surface area contributed by atoms with E-state index in [4.69, 9.17) is 4.74 Å². The summed E-state index contributed by atoms with van der Waals surface area (Å²) < 4.78 is 6.02. The highest BCUT2D eigenvalue weighted by molar-refractivity contribution is 6.08. The normalized spacial score (nSPS) is 27.2. The number of rotatable bonds is 5. The van der Waals surface area contributed by atoms with Crippen LogP contribution < -0.4 is 4.74 Å². The van der Waals surface area contributed by atoms with Crippen molar-refractivity contribution in [2.75, 3.05) is 0 Å². The summed E-state index contributed by atoms with van der Waals surface area (Å²) in [6.45, 7) is -0.0399. The second kappa shape index (κ2) is 7.08. The predicted octanol–water partition coefficient (Wildman–Crippen LogP) is 2.06. The minimum atomic E-state index is -0.413. The lowest BCUT2D eigenvalue weighted by atomic mass is 9.82. The maximum absolute atomic E-state index is 10.2. The van der Waals surface area contributed by atoms with E-state index >= 15 is 0 Å². The lowest BCUT2D eigenvalue weighted by Crippen LogP contribution is -2.42. The van der Waals surface area contributed by atoms with Gasteiger partial charge in [-0.25, -0.2) is 0 Å². The third-order valence-corrected chi connectivity index (χ3v) is 4.13. The molecule has 1 fully saturated rings. The highest BCUT2D eigenvalue weighted by Gasteiger charge is 2.33. The van der Waals surface area contributed by atoms with Crippen molar-refractivity contribution in [3.8, 4) is 5.75 Å². The van der Waals surface area contributed by atoms with Crippen LogP contribution in [0.15, 0.2) is 24.3 Å². The largest absolute Gasteiger partial charge is 0.487 e. The quantitative estimate of drug-likeness (QED) is 0.810. The monoisotopic (exact) mass is 277 g/mol. The van der Waals surface area contributed by atoms with Gasteiger partial charge in [0.05, 0.1) is 12.7 Å². The van der Waals surface area contributed by atoms with Gasteiger partial charge in [-0.1, -0.05) is 30.7 Å². The number of benzene rings is 1. The fourth-order valence-electron chi connectivity index (χ4n) is 2.80. The molecule has 2 rings (SSSR count). The SMILES string of the molecule is OCc1ccccc1OC1C(O)CCCC1CC[Si]. The van der Waals surface area contributed by atoms with E-state index in [1.54, 1.807) is 0 Å². The second-order valence-electron chi connectivity index (χ2n) is 5.15. The zero-order chi connectivity index (χ0) is 13.7. The maximum atomic E-state index is 10.2. The van der Waals surface area contributed by atoms with E-state index < -0.39 is 6.10 Å². The smallest absolute Gasteiger partial charge is 0.127 e. The molecule has 3 atom stereocenters. The van der Waals surface area contributed by atoms with Crippen molar-refractivity contribution in [1.29, 1.82) is 0 Å². The van der Waals surface area contributed by atoms with Crippen molar-refractivity contribution < 1.29 is 14.9 Å². The molecule has 1 aliphatic carbocycles. The van der Waals surface area contributed by atoms with Crippen LogP contribution in [0.4, 0.5) is 0 Å². The van der Waals surface area contributed by atoms with Gasteiger partial charge in [-0.3, -0.25) is 0 Å². The van der Waals surface area contributed by atoms with Crippen LogP contribution in [0.1, 0.15) is 31.2 Å². The first-order valence-electron chi connectivity index (χ1n) is 6.94. The number of hydrogen-bond acceptors (Lipinski definition) is 3. The van der Waals surface area contributed by atoms with Crippen LogP contribution in [-0.4, -0.2) is 32.7 Å².